The van der Waals surface area contributed by atoms with Gasteiger partial charge in [-0.1, -0.05) is 12.8 Å². The van der Waals surface area contributed by atoms with Gasteiger partial charge in [0.25, 0.3) is 0 Å². The molecule has 0 aromatic heterocycles. The highest BCUT2D eigenvalue weighted by Gasteiger charge is 2.25. The summed E-state index contributed by atoms with van der Waals surface area (Å²) in [5.74, 6) is 1.23. The number of hydrogen-bond donors (Lipinski definition) is 2. The average Bonchev–Trinajstić information content (AvgIpc) is 2.65. The summed E-state index contributed by atoms with van der Waals surface area (Å²) in [4.78, 5) is 0. The van der Waals surface area contributed by atoms with Crippen molar-refractivity contribution in [1.29, 1.82) is 0 Å². The van der Waals surface area contributed by atoms with Crippen LogP contribution in [0.5, 0.6) is 23.0 Å². The first-order chi connectivity index (χ1) is 9.65. The Bertz CT molecular complexity index is 446. The monoisotopic (exact) mass is 282 g/mol. The molecule has 20 heavy (non-hydrogen) atoms. The molecule has 2 rings (SSSR count). The van der Waals surface area contributed by atoms with Crippen LogP contribution in [0.15, 0.2) is 12.1 Å². The Balaban J connectivity index is 2.22. The van der Waals surface area contributed by atoms with E-state index in [0.717, 1.165) is 32.1 Å². The van der Waals surface area contributed by atoms with Crippen LogP contribution in [0.2, 0.25) is 0 Å². The highest BCUT2D eigenvalue weighted by molar-refractivity contribution is 5.53. The molecule has 112 valence electrons. The van der Waals surface area contributed by atoms with Crippen LogP contribution < -0.4 is 14.2 Å². The molecule has 1 aliphatic carbocycles. The molecule has 2 atom stereocenters. The van der Waals surface area contributed by atoms with Crippen molar-refractivity contribution in [2.75, 3.05) is 14.2 Å². The molecule has 0 saturated heterocycles. The maximum atomic E-state index is 10.1. The van der Waals surface area contributed by atoms with Gasteiger partial charge in [0.2, 0.25) is 0 Å². The van der Waals surface area contributed by atoms with E-state index in [2.05, 4.69) is 0 Å². The Labute approximate surface area is 119 Å². The Kier molecular flexibility index (Phi) is 4.95. The molecule has 0 amide bonds. The lowest BCUT2D eigenvalue weighted by atomic mass is 10.1. The van der Waals surface area contributed by atoms with E-state index in [1.165, 1.54) is 20.3 Å². The van der Waals surface area contributed by atoms with Gasteiger partial charge in [-0.2, -0.15) is 0 Å². The maximum Gasteiger partial charge on any atom is 0.165 e. The number of aromatic hydroxyl groups is 1. The van der Waals surface area contributed by atoms with Gasteiger partial charge in [0, 0.05) is 12.1 Å². The van der Waals surface area contributed by atoms with Gasteiger partial charge in [-0.3, -0.25) is 0 Å². The van der Waals surface area contributed by atoms with E-state index >= 15 is 0 Å². The molecule has 0 unspecified atom stereocenters. The molecule has 1 aliphatic rings. The minimum atomic E-state index is -0.470. The molecule has 5 nitrogen and oxygen atoms in total. The fourth-order valence-electron chi connectivity index (χ4n) is 2.50. The predicted molar refractivity (Wildman–Crippen MR) is 74.7 cm³/mol. The Morgan fingerprint density at radius 2 is 1.65 bits per heavy atom. The van der Waals surface area contributed by atoms with Crippen molar-refractivity contribution < 1.29 is 24.4 Å². The van der Waals surface area contributed by atoms with Gasteiger partial charge in [0.15, 0.2) is 23.0 Å². The second kappa shape index (κ2) is 6.70. The number of ether oxygens (including phenoxy) is 3. The summed E-state index contributed by atoms with van der Waals surface area (Å²) in [7, 11) is 2.99. The van der Waals surface area contributed by atoms with Gasteiger partial charge in [0.1, 0.15) is 6.10 Å². The summed E-state index contributed by atoms with van der Waals surface area (Å²) in [6, 6.07) is 3.04. The van der Waals surface area contributed by atoms with Crippen molar-refractivity contribution in [2.45, 2.75) is 44.3 Å². The lowest BCUT2D eigenvalue weighted by molar-refractivity contribution is 0.0303. The number of rotatable bonds is 4. The van der Waals surface area contributed by atoms with E-state index in [0.29, 0.717) is 17.2 Å². The van der Waals surface area contributed by atoms with Gasteiger partial charge in [-0.15, -0.1) is 0 Å². The summed E-state index contributed by atoms with van der Waals surface area (Å²) in [5.41, 5.74) is 0. The van der Waals surface area contributed by atoms with Crippen LogP contribution >= 0.6 is 0 Å². The number of aliphatic hydroxyl groups is 1. The molecular formula is C15H22O5. The molecule has 0 spiro atoms. The number of hydrogen-bond acceptors (Lipinski definition) is 5. The highest BCUT2D eigenvalue weighted by atomic mass is 16.5. The summed E-state index contributed by atoms with van der Waals surface area (Å²) < 4.78 is 16.2. The smallest absolute Gasteiger partial charge is 0.165 e. The fourth-order valence-corrected chi connectivity index (χ4v) is 2.50. The fraction of sp³-hybridized carbons (Fsp3) is 0.600. The van der Waals surface area contributed by atoms with Crippen LogP contribution in [0.4, 0.5) is 0 Å². The third-order valence-corrected chi connectivity index (χ3v) is 3.66. The molecular weight excluding hydrogens is 260 g/mol. The second-order valence-electron chi connectivity index (χ2n) is 5.04. The lowest BCUT2D eigenvalue weighted by Gasteiger charge is -2.23. The van der Waals surface area contributed by atoms with Gasteiger partial charge in [-0.25, -0.2) is 0 Å². The van der Waals surface area contributed by atoms with E-state index in [9.17, 15) is 10.2 Å². The quantitative estimate of drug-likeness (QED) is 0.830. The van der Waals surface area contributed by atoms with Gasteiger partial charge in [-0.05, 0) is 19.3 Å². The third kappa shape index (κ3) is 3.28. The zero-order chi connectivity index (χ0) is 14.5. The van der Waals surface area contributed by atoms with E-state index in [-0.39, 0.29) is 11.9 Å². The van der Waals surface area contributed by atoms with Crippen LogP contribution in [0.25, 0.3) is 0 Å². The lowest BCUT2D eigenvalue weighted by Crippen LogP contribution is -2.30. The zero-order valence-corrected chi connectivity index (χ0v) is 12.0. The van der Waals surface area contributed by atoms with Crippen LogP contribution in [-0.2, 0) is 0 Å². The maximum absolute atomic E-state index is 10.1. The first-order valence-electron chi connectivity index (χ1n) is 6.95. The van der Waals surface area contributed by atoms with Gasteiger partial charge in [0.05, 0.1) is 20.3 Å². The number of aliphatic hydroxyl groups excluding tert-OH is 1. The minimum absolute atomic E-state index is 0.00175. The van der Waals surface area contributed by atoms with Crippen molar-refractivity contribution in [3.8, 4) is 23.0 Å². The summed E-state index contributed by atoms with van der Waals surface area (Å²) in [6.07, 6.45) is 4.03. The van der Waals surface area contributed by atoms with Crippen LogP contribution in [-0.4, -0.2) is 36.6 Å². The van der Waals surface area contributed by atoms with Crippen molar-refractivity contribution in [1.82, 2.24) is 0 Å². The topological polar surface area (TPSA) is 68.2 Å². The van der Waals surface area contributed by atoms with Crippen molar-refractivity contribution in [3.63, 3.8) is 0 Å². The number of phenols is 1. The SMILES string of the molecule is COc1cc(O[C@@H]2CCCCC[C@H]2O)c(OC)cc1O. The molecule has 1 saturated carbocycles. The molecule has 0 aliphatic heterocycles. The molecule has 1 fully saturated rings. The second-order valence-corrected chi connectivity index (χ2v) is 5.04. The first-order valence-corrected chi connectivity index (χ1v) is 6.95. The van der Waals surface area contributed by atoms with Crippen molar-refractivity contribution in [2.24, 2.45) is 0 Å². The Morgan fingerprint density at radius 3 is 2.35 bits per heavy atom. The van der Waals surface area contributed by atoms with Gasteiger partial charge < -0.3 is 24.4 Å². The summed E-state index contributed by atoms with van der Waals surface area (Å²) in [6.45, 7) is 0. The van der Waals surface area contributed by atoms with Crippen LogP contribution in [0.1, 0.15) is 32.1 Å². The van der Waals surface area contributed by atoms with Crippen LogP contribution in [0.3, 0.4) is 0 Å². The van der Waals surface area contributed by atoms with E-state index in [1.807, 2.05) is 0 Å². The van der Waals surface area contributed by atoms with E-state index in [4.69, 9.17) is 14.2 Å². The molecule has 1 aromatic rings. The van der Waals surface area contributed by atoms with E-state index in [1.54, 1.807) is 6.07 Å². The standard InChI is InChI=1S/C15H22O5/c1-18-13-9-15(14(19-2)8-11(13)17)20-12-7-5-3-4-6-10(12)16/h8-10,12,16-17H,3-7H2,1-2H3/t10-,12-/m1/s1. The zero-order valence-electron chi connectivity index (χ0n) is 12.0. The molecule has 0 bridgehead atoms. The predicted octanol–water partition coefficient (Wildman–Crippen LogP) is 2.48. The molecule has 0 heterocycles. The molecule has 1 aromatic carbocycles. The van der Waals surface area contributed by atoms with Crippen molar-refractivity contribution >= 4 is 0 Å². The Morgan fingerprint density at radius 1 is 0.950 bits per heavy atom. The molecule has 0 radical (unpaired) electrons. The van der Waals surface area contributed by atoms with Crippen molar-refractivity contribution in [3.05, 3.63) is 12.1 Å². The Hall–Kier alpha value is -1.62. The normalized spacial score (nSPS) is 22.9. The third-order valence-electron chi connectivity index (χ3n) is 3.66. The first kappa shape index (κ1) is 14.8. The minimum Gasteiger partial charge on any atom is -0.504 e. The highest BCUT2D eigenvalue weighted by Crippen LogP contribution is 2.40. The largest absolute Gasteiger partial charge is 0.504 e. The molecule has 2 N–H and O–H groups in total. The summed E-state index contributed by atoms with van der Waals surface area (Å²) in [5, 5.41) is 19.8. The average molecular weight is 282 g/mol. The van der Waals surface area contributed by atoms with E-state index < -0.39 is 6.10 Å². The number of methoxy groups -OCH3 is 2. The van der Waals surface area contributed by atoms with Crippen LogP contribution in [0, 0.1) is 0 Å². The summed E-state index contributed by atoms with van der Waals surface area (Å²) >= 11 is 0. The van der Waals surface area contributed by atoms with Gasteiger partial charge >= 0.3 is 0 Å². The number of phenolic OH excluding ortho intramolecular Hbond substituents is 1. The number of benzene rings is 1. The molecule has 5 heteroatoms.